The Hall–Kier alpha value is -1.75. The molecular formula is C10H14N2O3. The van der Waals surface area contributed by atoms with Gasteiger partial charge in [0, 0.05) is 7.11 Å². The fourth-order valence-corrected chi connectivity index (χ4v) is 1.05. The predicted octanol–water partition coefficient (Wildman–Crippen LogP) is 0.785. The van der Waals surface area contributed by atoms with Crippen LogP contribution in [0.4, 0.5) is 5.69 Å². The maximum atomic E-state index is 11.1. The number of amides is 1. The van der Waals surface area contributed by atoms with Crippen LogP contribution in [0.5, 0.6) is 5.75 Å². The van der Waals surface area contributed by atoms with E-state index in [-0.39, 0.29) is 12.5 Å². The molecule has 0 aromatic heterocycles. The maximum Gasteiger partial charge on any atom is 0.264 e. The average Bonchev–Trinajstić information content (AvgIpc) is 2.27. The minimum absolute atomic E-state index is 0.0160. The SMILES string of the molecule is COCC(=O)NNc1ccccc1OC. The van der Waals surface area contributed by atoms with E-state index >= 15 is 0 Å². The minimum atomic E-state index is -0.247. The predicted molar refractivity (Wildman–Crippen MR) is 56.6 cm³/mol. The van der Waals surface area contributed by atoms with Gasteiger partial charge in [0.15, 0.2) is 0 Å². The lowest BCUT2D eigenvalue weighted by Gasteiger charge is -2.11. The molecule has 0 unspecified atom stereocenters. The molecule has 0 saturated heterocycles. The molecule has 0 spiro atoms. The van der Waals surface area contributed by atoms with E-state index in [9.17, 15) is 4.79 Å². The van der Waals surface area contributed by atoms with Gasteiger partial charge in [0.1, 0.15) is 12.4 Å². The molecular weight excluding hydrogens is 196 g/mol. The second-order valence-electron chi connectivity index (χ2n) is 2.81. The van der Waals surface area contributed by atoms with E-state index in [0.29, 0.717) is 11.4 Å². The Bertz CT molecular complexity index is 328. The fraction of sp³-hybridized carbons (Fsp3) is 0.300. The number of anilines is 1. The highest BCUT2D eigenvalue weighted by atomic mass is 16.5. The van der Waals surface area contributed by atoms with Crippen LogP contribution in [-0.2, 0) is 9.53 Å². The van der Waals surface area contributed by atoms with Crippen LogP contribution in [0.25, 0.3) is 0 Å². The Morgan fingerprint density at radius 3 is 2.73 bits per heavy atom. The Labute approximate surface area is 88.3 Å². The quantitative estimate of drug-likeness (QED) is 0.705. The summed E-state index contributed by atoms with van der Waals surface area (Å²) in [6, 6.07) is 7.28. The number of carbonyl (C=O) groups excluding carboxylic acids is 1. The van der Waals surface area contributed by atoms with E-state index < -0.39 is 0 Å². The molecule has 1 amide bonds. The van der Waals surface area contributed by atoms with Crippen molar-refractivity contribution in [3.8, 4) is 5.75 Å². The molecule has 15 heavy (non-hydrogen) atoms. The number of rotatable bonds is 5. The number of carbonyl (C=O) groups is 1. The van der Waals surface area contributed by atoms with Gasteiger partial charge in [0.05, 0.1) is 12.8 Å². The molecule has 82 valence electrons. The van der Waals surface area contributed by atoms with E-state index in [1.165, 1.54) is 7.11 Å². The summed E-state index contributed by atoms with van der Waals surface area (Å²) < 4.78 is 9.76. The molecule has 5 heteroatoms. The van der Waals surface area contributed by atoms with E-state index in [1.807, 2.05) is 12.1 Å². The van der Waals surface area contributed by atoms with Gasteiger partial charge in [0.25, 0.3) is 5.91 Å². The third-order valence-corrected chi connectivity index (χ3v) is 1.72. The van der Waals surface area contributed by atoms with Gasteiger partial charge >= 0.3 is 0 Å². The highest BCUT2D eigenvalue weighted by molar-refractivity contribution is 5.79. The van der Waals surface area contributed by atoms with Crippen LogP contribution in [-0.4, -0.2) is 26.7 Å². The van der Waals surface area contributed by atoms with Crippen molar-refractivity contribution >= 4 is 11.6 Å². The van der Waals surface area contributed by atoms with E-state index in [2.05, 4.69) is 15.6 Å². The molecule has 5 nitrogen and oxygen atoms in total. The van der Waals surface area contributed by atoms with Crippen LogP contribution < -0.4 is 15.6 Å². The Morgan fingerprint density at radius 2 is 2.07 bits per heavy atom. The van der Waals surface area contributed by atoms with Gasteiger partial charge < -0.3 is 9.47 Å². The van der Waals surface area contributed by atoms with Crippen molar-refractivity contribution in [3.05, 3.63) is 24.3 Å². The molecule has 0 bridgehead atoms. The van der Waals surface area contributed by atoms with Crippen LogP contribution in [0.1, 0.15) is 0 Å². The van der Waals surface area contributed by atoms with Gasteiger partial charge in [-0.1, -0.05) is 12.1 Å². The smallest absolute Gasteiger partial charge is 0.264 e. The molecule has 1 rings (SSSR count). The van der Waals surface area contributed by atoms with Crippen LogP contribution in [0, 0.1) is 0 Å². The zero-order valence-corrected chi connectivity index (χ0v) is 8.74. The van der Waals surface area contributed by atoms with Crippen molar-refractivity contribution in [1.29, 1.82) is 0 Å². The second-order valence-corrected chi connectivity index (χ2v) is 2.81. The Balaban J connectivity index is 2.53. The normalized spacial score (nSPS) is 9.47. The molecule has 1 aromatic rings. The molecule has 0 saturated carbocycles. The minimum Gasteiger partial charge on any atom is -0.495 e. The summed E-state index contributed by atoms with van der Waals surface area (Å²) in [5, 5.41) is 0. The van der Waals surface area contributed by atoms with E-state index in [1.54, 1.807) is 19.2 Å². The zero-order valence-electron chi connectivity index (χ0n) is 8.74. The molecule has 0 aliphatic heterocycles. The number of para-hydroxylation sites is 2. The number of hydrazine groups is 1. The molecule has 1 aromatic carbocycles. The summed E-state index contributed by atoms with van der Waals surface area (Å²) in [4.78, 5) is 11.1. The zero-order chi connectivity index (χ0) is 11.1. The van der Waals surface area contributed by atoms with E-state index in [0.717, 1.165) is 0 Å². The summed E-state index contributed by atoms with van der Waals surface area (Å²) in [6.07, 6.45) is 0. The number of ether oxygens (including phenoxy) is 2. The highest BCUT2D eigenvalue weighted by Crippen LogP contribution is 2.21. The van der Waals surface area contributed by atoms with Gasteiger partial charge in [-0.15, -0.1) is 0 Å². The monoisotopic (exact) mass is 210 g/mol. The summed E-state index contributed by atoms with van der Waals surface area (Å²) in [5.74, 6) is 0.415. The lowest BCUT2D eigenvalue weighted by atomic mass is 10.3. The topological polar surface area (TPSA) is 59.6 Å². The molecule has 0 aliphatic carbocycles. The average molecular weight is 210 g/mol. The fourth-order valence-electron chi connectivity index (χ4n) is 1.05. The van der Waals surface area contributed by atoms with Gasteiger partial charge in [-0.05, 0) is 12.1 Å². The number of nitrogens with one attached hydrogen (secondary N) is 2. The maximum absolute atomic E-state index is 11.1. The number of hydrogen-bond acceptors (Lipinski definition) is 4. The van der Waals surface area contributed by atoms with Crippen molar-refractivity contribution in [2.24, 2.45) is 0 Å². The van der Waals surface area contributed by atoms with Gasteiger partial charge in [-0.3, -0.25) is 15.6 Å². The third-order valence-electron chi connectivity index (χ3n) is 1.72. The number of hydrogen-bond donors (Lipinski definition) is 2. The van der Waals surface area contributed by atoms with Crippen molar-refractivity contribution in [2.45, 2.75) is 0 Å². The van der Waals surface area contributed by atoms with Gasteiger partial charge in [-0.2, -0.15) is 0 Å². The molecule has 2 N–H and O–H groups in total. The van der Waals surface area contributed by atoms with Crippen LogP contribution in [0.2, 0.25) is 0 Å². The van der Waals surface area contributed by atoms with Crippen LogP contribution >= 0.6 is 0 Å². The summed E-state index contributed by atoms with van der Waals surface area (Å²) in [6.45, 7) is 0.0160. The largest absolute Gasteiger partial charge is 0.495 e. The molecule has 0 aliphatic rings. The van der Waals surface area contributed by atoms with Gasteiger partial charge in [-0.25, -0.2) is 0 Å². The Kier molecular flexibility index (Phi) is 4.43. The van der Waals surface area contributed by atoms with Crippen molar-refractivity contribution in [3.63, 3.8) is 0 Å². The molecule has 0 heterocycles. The second kappa shape index (κ2) is 5.87. The van der Waals surface area contributed by atoms with Crippen LogP contribution in [0.3, 0.4) is 0 Å². The van der Waals surface area contributed by atoms with Gasteiger partial charge in [0.2, 0.25) is 0 Å². The summed E-state index contributed by atoms with van der Waals surface area (Å²) in [5.41, 5.74) is 5.92. The first-order valence-electron chi connectivity index (χ1n) is 4.44. The lowest BCUT2D eigenvalue weighted by Crippen LogP contribution is -2.32. The van der Waals surface area contributed by atoms with Crippen molar-refractivity contribution in [2.75, 3.05) is 26.3 Å². The first-order chi connectivity index (χ1) is 7.27. The number of benzene rings is 1. The molecule has 0 atom stereocenters. The first-order valence-corrected chi connectivity index (χ1v) is 4.44. The summed E-state index contributed by atoms with van der Waals surface area (Å²) in [7, 11) is 3.03. The standard InChI is InChI=1S/C10H14N2O3/c1-14-7-10(13)12-11-8-5-3-4-6-9(8)15-2/h3-6,11H,7H2,1-2H3,(H,12,13). The third kappa shape index (κ3) is 3.47. The Morgan fingerprint density at radius 1 is 1.33 bits per heavy atom. The lowest BCUT2D eigenvalue weighted by molar-refractivity contribution is -0.124. The van der Waals surface area contributed by atoms with Crippen LogP contribution in [0.15, 0.2) is 24.3 Å². The first kappa shape index (κ1) is 11.3. The van der Waals surface area contributed by atoms with Crippen molar-refractivity contribution < 1.29 is 14.3 Å². The summed E-state index contributed by atoms with van der Waals surface area (Å²) >= 11 is 0. The van der Waals surface area contributed by atoms with E-state index in [4.69, 9.17) is 4.74 Å². The molecule has 0 radical (unpaired) electrons. The van der Waals surface area contributed by atoms with Crippen molar-refractivity contribution in [1.82, 2.24) is 5.43 Å². The highest BCUT2D eigenvalue weighted by Gasteiger charge is 2.02. The number of methoxy groups -OCH3 is 2. The molecule has 0 fully saturated rings.